The lowest BCUT2D eigenvalue weighted by molar-refractivity contribution is 0.837. The van der Waals surface area contributed by atoms with Gasteiger partial charge in [0.1, 0.15) is 0 Å². The Kier molecular flexibility index (Phi) is 5.26. The summed E-state index contributed by atoms with van der Waals surface area (Å²) >= 11 is 1.87. The first-order chi connectivity index (χ1) is 7.18. The highest BCUT2D eigenvalue weighted by atomic mass is 32.2. The maximum atomic E-state index is 7.09. The molecular weight excluding hydrogens is 204 g/mol. The number of hydrogen-bond acceptors (Lipinski definition) is 2. The second-order valence-corrected chi connectivity index (χ2v) is 4.81. The maximum absolute atomic E-state index is 7.09. The lowest BCUT2D eigenvalue weighted by Gasteiger charge is -2.02. The fourth-order valence-corrected chi connectivity index (χ4v) is 2.15. The van der Waals surface area contributed by atoms with E-state index in [0.717, 1.165) is 25.0 Å². The Hall–Kier alpha value is -0.960. The lowest BCUT2D eigenvalue weighted by Crippen LogP contribution is -2.08. The number of thioether (sulfide) groups is 1. The zero-order valence-corrected chi connectivity index (χ0v) is 9.94. The molecule has 0 aliphatic carbocycles. The molecule has 1 rings (SSSR count). The Morgan fingerprint density at radius 1 is 1.27 bits per heavy atom. The molecule has 1 aromatic rings. The zero-order chi connectivity index (χ0) is 11.1. The topological polar surface area (TPSA) is 49.9 Å². The van der Waals surface area contributed by atoms with Crippen molar-refractivity contribution in [2.75, 3.05) is 5.75 Å². The van der Waals surface area contributed by atoms with Gasteiger partial charge in [0.05, 0.1) is 5.84 Å². The van der Waals surface area contributed by atoms with E-state index in [1.54, 1.807) is 0 Å². The number of amidine groups is 1. The molecule has 0 atom stereocenters. The molecule has 0 amide bonds. The second-order valence-electron chi connectivity index (χ2n) is 3.64. The summed E-state index contributed by atoms with van der Waals surface area (Å²) < 4.78 is 0. The van der Waals surface area contributed by atoms with Gasteiger partial charge in [-0.1, -0.05) is 17.7 Å². The molecule has 3 N–H and O–H groups in total. The minimum atomic E-state index is 0.301. The lowest BCUT2D eigenvalue weighted by atomic mass is 10.2. The molecule has 1 aromatic carbocycles. The third-order valence-corrected chi connectivity index (χ3v) is 3.23. The van der Waals surface area contributed by atoms with Gasteiger partial charge in [-0.2, -0.15) is 0 Å². The quantitative estimate of drug-likeness (QED) is 0.336. The summed E-state index contributed by atoms with van der Waals surface area (Å²) in [5.41, 5.74) is 6.58. The van der Waals surface area contributed by atoms with Gasteiger partial charge < -0.3 is 5.73 Å². The highest BCUT2D eigenvalue weighted by molar-refractivity contribution is 7.99. The number of benzene rings is 1. The number of rotatable bonds is 6. The molecule has 0 radical (unpaired) electrons. The van der Waals surface area contributed by atoms with E-state index in [-0.39, 0.29) is 0 Å². The fraction of sp³-hybridized carbons (Fsp3) is 0.417. The van der Waals surface area contributed by atoms with Crippen LogP contribution in [0, 0.1) is 12.3 Å². The van der Waals surface area contributed by atoms with Crippen LogP contribution < -0.4 is 5.73 Å². The maximum Gasteiger partial charge on any atom is 0.0905 e. The van der Waals surface area contributed by atoms with Gasteiger partial charge in [0, 0.05) is 11.3 Å². The molecule has 0 aliphatic rings. The van der Waals surface area contributed by atoms with Gasteiger partial charge in [-0.15, -0.1) is 11.8 Å². The third kappa shape index (κ3) is 5.47. The number of nitrogens with two attached hydrogens (primary N) is 1. The molecule has 0 fully saturated rings. The number of unbranched alkanes of at least 4 members (excludes halogenated alkanes) is 1. The zero-order valence-electron chi connectivity index (χ0n) is 9.12. The summed E-state index contributed by atoms with van der Waals surface area (Å²) in [6.45, 7) is 2.10. The van der Waals surface area contributed by atoms with Gasteiger partial charge >= 0.3 is 0 Å². The van der Waals surface area contributed by atoms with Crippen LogP contribution >= 0.6 is 11.8 Å². The smallest absolute Gasteiger partial charge is 0.0905 e. The molecule has 0 aromatic heterocycles. The van der Waals surface area contributed by atoms with E-state index in [1.165, 1.54) is 10.5 Å². The largest absolute Gasteiger partial charge is 0.388 e. The van der Waals surface area contributed by atoms with Crippen molar-refractivity contribution in [1.29, 1.82) is 5.41 Å². The van der Waals surface area contributed by atoms with Gasteiger partial charge in [0.2, 0.25) is 0 Å². The van der Waals surface area contributed by atoms with Gasteiger partial charge in [-0.25, -0.2) is 0 Å². The van der Waals surface area contributed by atoms with E-state index in [9.17, 15) is 0 Å². The van der Waals surface area contributed by atoms with Crippen molar-refractivity contribution < 1.29 is 0 Å². The fourth-order valence-electron chi connectivity index (χ4n) is 1.24. The number of nitrogens with one attached hydrogen (secondary N) is 1. The minimum Gasteiger partial charge on any atom is -0.388 e. The highest BCUT2D eigenvalue weighted by Crippen LogP contribution is 2.19. The van der Waals surface area contributed by atoms with Crippen LogP contribution in [0.2, 0.25) is 0 Å². The summed E-state index contributed by atoms with van der Waals surface area (Å²) in [4.78, 5) is 1.32. The molecule has 0 saturated heterocycles. The monoisotopic (exact) mass is 222 g/mol. The summed E-state index contributed by atoms with van der Waals surface area (Å²) in [7, 11) is 0. The van der Waals surface area contributed by atoms with Crippen molar-refractivity contribution in [3.63, 3.8) is 0 Å². The molecule has 82 valence electrons. The normalized spacial score (nSPS) is 10.2. The van der Waals surface area contributed by atoms with E-state index >= 15 is 0 Å². The first-order valence-corrected chi connectivity index (χ1v) is 6.19. The number of aryl methyl sites for hydroxylation is 1. The minimum absolute atomic E-state index is 0.301. The van der Waals surface area contributed by atoms with Crippen LogP contribution in [-0.2, 0) is 0 Å². The van der Waals surface area contributed by atoms with Crippen LogP contribution in [0.15, 0.2) is 29.2 Å². The Morgan fingerprint density at radius 2 is 1.93 bits per heavy atom. The highest BCUT2D eigenvalue weighted by Gasteiger charge is 1.95. The summed E-state index contributed by atoms with van der Waals surface area (Å²) in [6.07, 6.45) is 2.88. The first kappa shape index (κ1) is 12.1. The van der Waals surface area contributed by atoms with Gasteiger partial charge in [0.25, 0.3) is 0 Å². The molecule has 0 unspecified atom stereocenters. The third-order valence-electron chi connectivity index (χ3n) is 2.13. The number of hydrogen-bond donors (Lipinski definition) is 2. The SMILES string of the molecule is Cc1ccc(SCCCCC(=N)N)cc1. The van der Waals surface area contributed by atoms with Crippen molar-refractivity contribution in [2.45, 2.75) is 31.1 Å². The second kappa shape index (κ2) is 6.51. The van der Waals surface area contributed by atoms with Crippen LogP contribution in [0.5, 0.6) is 0 Å². The predicted molar refractivity (Wildman–Crippen MR) is 67.7 cm³/mol. The molecule has 0 saturated carbocycles. The summed E-state index contributed by atoms with van der Waals surface area (Å²) in [5.74, 6) is 1.41. The molecule has 0 heterocycles. The predicted octanol–water partition coefficient (Wildman–Crippen LogP) is 3.19. The standard InChI is InChI=1S/C12H18N2S/c1-10-5-7-11(8-6-10)15-9-3-2-4-12(13)14/h5-8H,2-4,9H2,1H3,(H3,13,14). The Morgan fingerprint density at radius 3 is 2.53 bits per heavy atom. The average Bonchev–Trinajstić information content (AvgIpc) is 2.20. The van der Waals surface area contributed by atoms with Gasteiger partial charge in [-0.05, 0) is 37.7 Å². The van der Waals surface area contributed by atoms with Crippen LogP contribution in [0.25, 0.3) is 0 Å². The molecule has 0 spiro atoms. The van der Waals surface area contributed by atoms with Crippen molar-refractivity contribution in [1.82, 2.24) is 0 Å². The molecule has 3 heteroatoms. The molecule has 15 heavy (non-hydrogen) atoms. The van der Waals surface area contributed by atoms with Crippen LogP contribution in [-0.4, -0.2) is 11.6 Å². The van der Waals surface area contributed by atoms with Crippen molar-refractivity contribution in [3.05, 3.63) is 29.8 Å². The molecule has 0 aliphatic heterocycles. The van der Waals surface area contributed by atoms with Crippen molar-refractivity contribution in [3.8, 4) is 0 Å². The average molecular weight is 222 g/mol. The van der Waals surface area contributed by atoms with Gasteiger partial charge in [0.15, 0.2) is 0 Å². The summed E-state index contributed by atoms with van der Waals surface area (Å²) in [6, 6.07) is 8.59. The molecular formula is C12H18N2S. The van der Waals surface area contributed by atoms with E-state index in [4.69, 9.17) is 11.1 Å². The summed E-state index contributed by atoms with van der Waals surface area (Å²) in [5, 5.41) is 7.09. The Bertz CT molecular complexity index is 306. The van der Waals surface area contributed by atoms with E-state index in [2.05, 4.69) is 31.2 Å². The van der Waals surface area contributed by atoms with E-state index in [1.807, 2.05) is 11.8 Å². The Balaban J connectivity index is 2.15. The Labute approximate surface area is 95.8 Å². The van der Waals surface area contributed by atoms with E-state index in [0.29, 0.717) is 5.84 Å². The van der Waals surface area contributed by atoms with Crippen LogP contribution in [0.4, 0.5) is 0 Å². The van der Waals surface area contributed by atoms with Gasteiger partial charge in [-0.3, -0.25) is 5.41 Å². The van der Waals surface area contributed by atoms with Crippen LogP contribution in [0.3, 0.4) is 0 Å². The van der Waals surface area contributed by atoms with Crippen molar-refractivity contribution in [2.24, 2.45) is 5.73 Å². The van der Waals surface area contributed by atoms with E-state index < -0.39 is 0 Å². The molecule has 2 nitrogen and oxygen atoms in total. The van der Waals surface area contributed by atoms with Crippen LogP contribution in [0.1, 0.15) is 24.8 Å². The molecule has 0 bridgehead atoms. The van der Waals surface area contributed by atoms with Crippen molar-refractivity contribution >= 4 is 17.6 Å². The first-order valence-electron chi connectivity index (χ1n) is 5.21.